The van der Waals surface area contributed by atoms with Gasteiger partial charge < -0.3 is 6.53 Å². The number of rotatable bonds is 5. The van der Waals surface area contributed by atoms with Crippen molar-refractivity contribution >= 4 is 44.6 Å². The van der Waals surface area contributed by atoms with E-state index in [1.807, 2.05) is 44.2 Å². The number of aliphatic carboxylic acids is 1. The van der Waals surface area contributed by atoms with Gasteiger partial charge in [-0.25, -0.2) is 4.98 Å². The third-order valence-corrected chi connectivity index (χ3v) is 5.53. The number of nitrogens with zero attached hydrogens (tertiary/aromatic N) is 1. The van der Waals surface area contributed by atoms with Gasteiger partial charge in [-0.15, -0.1) is 0 Å². The molecule has 0 atom stereocenters. The van der Waals surface area contributed by atoms with Crippen LogP contribution in [0.3, 0.4) is 0 Å². The van der Waals surface area contributed by atoms with Crippen LogP contribution in [0, 0.1) is 0 Å². The molecule has 0 bridgehead atoms. The minimum absolute atomic E-state index is 0. The van der Waals surface area contributed by atoms with Gasteiger partial charge in [0.15, 0.2) is 0 Å². The summed E-state index contributed by atoms with van der Waals surface area (Å²) >= 11 is 4.77. The summed E-state index contributed by atoms with van der Waals surface area (Å²) in [5.74, 6) is -0.773. The number of halogens is 1. The summed E-state index contributed by atoms with van der Waals surface area (Å²) in [6.07, 6.45) is 1.15. The number of aromatic nitrogens is 1. The van der Waals surface area contributed by atoms with Gasteiger partial charge in [0.05, 0.1) is 10.5 Å². The molecule has 0 amide bonds. The molecular formula is C15H17BrNNaO2S. The Balaban J connectivity index is 0.00000220. The molecule has 0 saturated heterocycles. The number of carbonyl (C=O) groups is 1. The van der Waals surface area contributed by atoms with Gasteiger partial charge in [0.25, 0.3) is 0 Å². The molecule has 0 unspecified atom stereocenters. The van der Waals surface area contributed by atoms with E-state index in [4.69, 9.17) is 0 Å². The molecule has 1 aromatic carbocycles. The SMILES string of the molecule is CCC(CC)(Sc1ccc2cc(Br)ccc2n1)C(=O)O.[H-].[Na+]. The van der Waals surface area contributed by atoms with Gasteiger partial charge in [0.1, 0.15) is 4.75 Å². The fraction of sp³-hybridized carbons (Fsp3) is 0.333. The average molecular weight is 378 g/mol. The monoisotopic (exact) mass is 377 g/mol. The third-order valence-electron chi connectivity index (χ3n) is 3.46. The predicted octanol–water partition coefficient (Wildman–Crippen LogP) is 1.85. The van der Waals surface area contributed by atoms with Crippen molar-refractivity contribution in [2.24, 2.45) is 0 Å². The van der Waals surface area contributed by atoms with E-state index < -0.39 is 10.7 Å². The molecule has 21 heavy (non-hydrogen) atoms. The fourth-order valence-corrected chi connectivity index (χ4v) is 3.51. The van der Waals surface area contributed by atoms with E-state index in [-0.39, 0.29) is 31.0 Å². The quantitative estimate of drug-likeness (QED) is 0.638. The van der Waals surface area contributed by atoms with Crippen molar-refractivity contribution in [2.45, 2.75) is 36.5 Å². The van der Waals surface area contributed by atoms with Crippen LogP contribution in [0.15, 0.2) is 39.8 Å². The second-order valence-electron chi connectivity index (χ2n) is 4.60. The molecule has 0 aliphatic carbocycles. The van der Waals surface area contributed by atoms with Crippen molar-refractivity contribution in [1.82, 2.24) is 4.98 Å². The van der Waals surface area contributed by atoms with E-state index >= 15 is 0 Å². The largest absolute Gasteiger partial charge is 1.00 e. The number of fused-ring (bicyclic) bond motifs is 1. The molecule has 0 radical (unpaired) electrons. The van der Waals surface area contributed by atoms with Crippen LogP contribution in [-0.4, -0.2) is 20.8 Å². The molecule has 2 rings (SSSR count). The molecule has 1 heterocycles. The molecule has 1 aromatic heterocycles. The normalized spacial score (nSPS) is 11.2. The first-order chi connectivity index (χ1) is 9.50. The van der Waals surface area contributed by atoms with Crippen molar-refractivity contribution in [3.8, 4) is 0 Å². The Morgan fingerprint density at radius 3 is 2.57 bits per heavy atom. The van der Waals surface area contributed by atoms with E-state index in [0.717, 1.165) is 20.4 Å². The number of benzene rings is 1. The summed E-state index contributed by atoms with van der Waals surface area (Å²) in [4.78, 5) is 16.1. The summed E-state index contributed by atoms with van der Waals surface area (Å²) in [7, 11) is 0. The summed E-state index contributed by atoms with van der Waals surface area (Å²) in [5.41, 5.74) is 0.879. The van der Waals surface area contributed by atoms with Gasteiger partial charge in [-0.1, -0.05) is 47.6 Å². The van der Waals surface area contributed by atoms with Crippen LogP contribution in [-0.2, 0) is 4.79 Å². The van der Waals surface area contributed by atoms with Crippen molar-refractivity contribution in [2.75, 3.05) is 0 Å². The molecule has 2 aromatic rings. The minimum atomic E-state index is -0.796. The average Bonchev–Trinajstić information content (AvgIpc) is 2.44. The van der Waals surface area contributed by atoms with Gasteiger partial charge in [-0.3, -0.25) is 4.79 Å². The number of hydrogen-bond acceptors (Lipinski definition) is 3. The number of pyridine rings is 1. The predicted molar refractivity (Wildman–Crippen MR) is 87.4 cm³/mol. The maximum Gasteiger partial charge on any atom is 1.00 e. The molecule has 3 nitrogen and oxygen atoms in total. The smallest absolute Gasteiger partial charge is 1.00 e. The molecule has 6 heteroatoms. The zero-order valence-electron chi connectivity index (χ0n) is 13.4. The Hall–Kier alpha value is -0.0700. The molecule has 0 fully saturated rings. The number of hydrogen-bond donors (Lipinski definition) is 1. The van der Waals surface area contributed by atoms with Crippen LogP contribution in [0.5, 0.6) is 0 Å². The van der Waals surface area contributed by atoms with Gasteiger partial charge in [0.2, 0.25) is 0 Å². The summed E-state index contributed by atoms with van der Waals surface area (Å²) in [6.45, 7) is 3.81. The van der Waals surface area contributed by atoms with Crippen molar-refractivity contribution in [1.29, 1.82) is 0 Å². The maximum absolute atomic E-state index is 11.5. The van der Waals surface area contributed by atoms with Crippen LogP contribution < -0.4 is 29.6 Å². The van der Waals surface area contributed by atoms with Gasteiger partial charge in [0, 0.05) is 9.86 Å². The Morgan fingerprint density at radius 2 is 2.00 bits per heavy atom. The Labute approximate surface area is 160 Å². The van der Waals surface area contributed by atoms with Crippen molar-refractivity contribution in [3.05, 3.63) is 34.8 Å². The third kappa shape index (κ3) is 4.23. The Bertz CT molecular complexity index is 652. The Kier molecular flexibility index (Phi) is 7.20. The maximum atomic E-state index is 11.5. The first kappa shape index (κ1) is 19.0. The molecule has 0 saturated carbocycles. The van der Waals surface area contributed by atoms with E-state index in [1.165, 1.54) is 11.8 Å². The minimum Gasteiger partial charge on any atom is -1.00 e. The van der Waals surface area contributed by atoms with Crippen LogP contribution in [0.1, 0.15) is 28.1 Å². The van der Waals surface area contributed by atoms with Crippen LogP contribution >= 0.6 is 27.7 Å². The van der Waals surface area contributed by atoms with Gasteiger partial charge in [-0.05, 0) is 37.1 Å². The summed E-state index contributed by atoms with van der Waals surface area (Å²) in [6, 6.07) is 9.74. The zero-order valence-corrected chi connectivity index (χ0v) is 16.8. The first-order valence-corrected chi connectivity index (χ1v) is 8.10. The second kappa shape index (κ2) is 7.97. The van der Waals surface area contributed by atoms with E-state index in [9.17, 15) is 9.90 Å². The summed E-state index contributed by atoms with van der Waals surface area (Å²) in [5, 5.41) is 11.3. The van der Waals surface area contributed by atoms with E-state index in [1.54, 1.807) is 0 Å². The topological polar surface area (TPSA) is 50.2 Å². The van der Waals surface area contributed by atoms with Crippen LogP contribution in [0.2, 0.25) is 0 Å². The fourth-order valence-electron chi connectivity index (χ4n) is 2.08. The van der Waals surface area contributed by atoms with E-state index in [2.05, 4.69) is 20.9 Å². The van der Waals surface area contributed by atoms with Gasteiger partial charge >= 0.3 is 35.5 Å². The summed E-state index contributed by atoms with van der Waals surface area (Å²) < 4.78 is 0.213. The van der Waals surface area contributed by atoms with E-state index in [0.29, 0.717) is 12.8 Å². The molecule has 0 spiro atoms. The van der Waals surface area contributed by atoms with Crippen molar-refractivity contribution in [3.63, 3.8) is 0 Å². The standard InChI is InChI=1S/C15H16BrNO2S.Na.H/c1-3-15(4-2,14(18)19)20-13-8-5-10-9-11(16)6-7-12(10)17-13;;/h5-9H,3-4H2,1-2H3,(H,18,19);;/q;+1;-1. The van der Waals surface area contributed by atoms with Crippen LogP contribution in [0.25, 0.3) is 10.9 Å². The molecule has 0 aliphatic rings. The van der Waals surface area contributed by atoms with Crippen LogP contribution in [0.4, 0.5) is 0 Å². The molecule has 1 N–H and O–H groups in total. The second-order valence-corrected chi connectivity index (χ2v) is 6.91. The molecular weight excluding hydrogens is 361 g/mol. The molecule has 0 aliphatic heterocycles. The zero-order chi connectivity index (χ0) is 14.8. The first-order valence-electron chi connectivity index (χ1n) is 6.49. The number of carboxylic acids is 1. The number of carboxylic acid groups (broad SMARTS) is 1. The van der Waals surface area contributed by atoms with Gasteiger partial charge in [-0.2, -0.15) is 0 Å². The molecule has 108 valence electrons. The number of thioether (sulfide) groups is 1. The Morgan fingerprint density at radius 1 is 1.33 bits per heavy atom. The van der Waals surface area contributed by atoms with Crippen molar-refractivity contribution < 1.29 is 40.9 Å².